The summed E-state index contributed by atoms with van der Waals surface area (Å²) in [6.07, 6.45) is 2.06. The van der Waals surface area contributed by atoms with Crippen LogP contribution in [0.2, 0.25) is 0 Å². The van der Waals surface area contributed by atoms with Crippen molar-refractivity contribution in [3.8, 4) is 5.75 Å². The Labute approximate surface area is 195 Å². The Bertz CT molecular complexity index is 1040. The standard InChI is InChI=1S/C22H29N3O5S2/c1-4-30-16-5-6-17-18(11-16)32-22(25(17)12-21(28)29-3)23-19(26)13-31-14-20(27)24-9-7-15(2)8-10-24/h5-6,11,15H,4,7-10,12-14H2,1-3H3. The van der Waals surface area contributed by atoms with Gasteiger partial charge in [-0.3, -0.25) is 14.4 Å². The average molecular weight is 480 g/mol. The summed E-state index contributed by atoms with van der Waals surface area (Å²) in [6, 6.07) is 5.53. The van der Waals surface area contributed by atoms with Crippen molar-refractivity contribution in [2.45, 2.75) is 33.2 Å². The first kappa shape index (κ1) is 24.3. The first-order chi connectivity index (χ1) is 15.4. The highest BCUT2D eigenvalue weighted by Gasteiger charge is 2.20. The second-order valence-electron chi connectivity index (χ2n) is 7.67. The zero-order valence-corrected chi connectivity index (χ0v) is 20.3. The molecule has 1 aliphatic heterocycles. The molecule has 10 heteroatoms. The Balaban J connectivity index is 1.70. The fourth-order valence-electron chi connectivity index (χ4n) is 3.46. The number of thioether (sulfide) groups is 1. The number of nitrogens with zero attached hydrogens (tertiary/aromatic N) is 3. The molecule has 1 fully saturated rings. The van der Waals surface area contributed by atoms with Gasteiger partial charge in [0, 0.05) is 13.1 Å². The number of carbonyl (C=O) groups excluding carboxylic acids is 3. The van der Waals surface area contributed by atoms with Crippen LogP contribution in [0.4, 0.5) is 0 Å². The number of hydrogen-bond donors (Lipinski definition) is 0. The lowest BCUT2D eigenvalue weighted by Gasteiger charge is -2.30. The molecule has 2 heterocycles. The maximum Gasteiger partial charge on any atom is 0.325 e. The van der Waals surface area contributed by atoms with Crippen LogP contribution >= 0.6 is 23.1 Å². The van der Waals surface area contributed by atoms with E-state index in [0.717, 1.165) is 36.1 Å². The van der Waals surface area contributed by atoms with Crippen LogP contribution in [0.15, 0.2) is 23.2 Å². The van der Waals surface area contributed by atoms with E-state index < -0.39 is 5.97 Å². The van der Waals surface area contributed by atoms with Gasteiger partial charge in [-0.1, -0.05) is 18.3 Å². The molecule has 0 saturated carbocycles. The Morgan fingerprint density at radius 1 is 1.22 bits per heavy atom. The number of esters is 1. The molecule has 0 atom stereocenters. The molecule has 174 valence electrons. The number of methoxy groups -OCH3 is 1. The summed E-state index contributed by atoms with van der Waals surface area (Å²) < 4.78 is 12.9. The minimum atomic E-state index is -0.427. The molecular formula is C22H29N3O5S2. The van der Waals surface area contributed by atoms with E-state index in [-0.39, 0.29) is 29.9 Å². The van der Waals surface area contributed by atoms with Crippen LogP contribution in [-0.2, 0) is 25.7 Å². The van der Waals surface area contributed by atoms with Gasteiger partial charge in [-0.25, -0.2) is 0 Å². The minimum Gasteiger partial charge on any atom is -0.494 e. The monoisotopic (exact) mass is 479 g/mol. The molecule has 0 unspecified atom stereocenters. The summed E-state index contributed by atoms with van der Waals surface area (Å²) in [7, 11) is 1.32. The number of carbonyl (C=O) groups is 3. The molecule has 3 rings (SSSR count). The predicted octanol–water partition coefficient (Wildman–Crippen LogP) is 2.69. The third kappa shape index (κ3) is 6.35. The molecule has 1 saturated heterocycles. The van der Waals surface area contributed by atoms with Gasteiger partial charge < -0.3 is 18.9 Å². The molecule has 2 amide bonds. The van der Waals surface area contributed by atoms with E-state index in [0.29, 0.717) is 23.1 Å². The second kappa shape index (κ2) is 11.5. The van der Waals surface area contributed by atoms with Gasteiger partial charge >= 0.3 is 5.97 Å². The van der Waals surface area contributed by atoms with Crippen LogP contribution in [-0.4, -0.2) is 65.6 Å². The molecule has 32 heavy (non-hydrogen) atoms. The van der Waals surface area contributed by atoms with E-state index >= 15 is 0 Å². The summed E-state index contributed by atoms with van der Waals surface area (Å²) in [5.41, 5.74) is 0.776. The second-order valence-corrected chi connectivity index (χ2v) is 9.67. The normalized spacial score (nSPS) is 15.2. The highest BCUT2D eigenvalue weighted by molar-refractivity contribution is 8.00. The lowest BCUT2D eigenvalue weighted by atomic mass is 9.99. The number of amides is 2. The molecule has 0 aliphatic carbocycles. The number of rotatable bonds is 8. The summed E-state index contributed by atoms with van der Waals surface area (Å²) >= 11 is 2.58. The number of piperidine rings is 1. The van der Waals surface area contributed by atoms with E-state index in [4.69, 9.17) is 9.47 Å². The van der Waals surface area contributed by atoms with Gasteiger partial charge in [0.25, 0.3) is 5.91 Å². The Kier molecular flexibility index (Phi) is 8.75. The van der Waals surface area contributed by atoms with Crippen LogP contribution in [0.1, 0.15) is 26.7 Å². The van der Waals surface area contributed by atoms with Gasteiger partial charge in [-0.15, -0.1) is 11.8 Å². The molecule has 0 radical (unpaired) electrons. The number of thiazole rings is 1. The molecule has 0 N–H and O–H groups in total. The van der Waals surface area contributed by atoms with E-state index in [2.05, 4.69) is 11.9 Å². The summed E-state index contributed by atoms with van der Waals surface area (Å²) in [5, 5.41) is 0. The van der Waals surface area contributed by atoms with Crippen LogP contribution in [0, 0.1) is 5.92 Å². The Hall–Kier alpha value is -2.33. The largest absolute Gasteiger partial charge is 0.494 e. The third-order valence-electron chi connectivity index (χ3n) is 5.29. The maximum atomic E-state index is 12.5. The van der Waals surface area contributed by atoms with Crippen LogP contribution < -0.4 is 9.54 Å². The summed E-state index contributed by atoms with van der Waals surface area (Å²) in [5.74, 6) is 1.05. The molecule has 0 spiro atoms. The number of fused-ring (bicyclic) bond motifs is 1. The first-order valence-electron chi connectivity index (χ1n) is 10.7. The Morgan fingerprint density at radius 3 is 2.66 bits per heavy atom. The van der Waals surface area contributed by atoms with E-state index in [1.807, 2.05) is 30.0 Å². The van der Waals surface area contributed by atoms with Gasteiger partial charge in [-0.05, 0) is 43.9 Å². The number of benzene rings is 1. The van der Waals surface area contributed by atoms with Crippen molar-refractivity contribution >= 4 is 51.1 Å². The van der Waals surface area contributed by atoms with Crippen molar-refractivity contribution in [1.82, 2.24) is 9.47 Å². The summed E-state index contributed by atoms with van der Waals surface area (Å²) in [4.78, 5) is 43.3. The zero-order valence-electron chi connectivity index (χ0n) is 18.7. The van der Waals surface area contributed by atoms with E-state index in [1.54, 1.807) is 4.57 Å². The lowest BCUT2D eigenvalue weighted by Crippen LogP contribution is -2.39. The SMILES string of the molecule is CCOc1ccc2c(c1)sc(=NC(=O)CSCC(=O)N1CCC(C)CC1)n2CC(=O)OC. The molecule has 2 aromatic rings. The molecule has 0 bridgehead atoms. The zero-order chi connectivity index (χ0) is 23.1. The Morgan fingerprint density at radius 2 is 1.97 bits per heavy atom. The number of likely N-dealkylation sites (tertiary alicyclic amines) is 1. The number of ether oxygens (including phenoxy) is 2. The van der Waals surface area contributed by atoms with Crippen LogP contribution in [0.25, 0.3) is 10.2 Å². The third-order valence-corrected chi connectivity index (χ3v) is 7.23. The molecule has 1 aromatic heterocycles. The van der Waals surface area contributed by atoms with Crippen molar-refractivity contribution < 1.29 is 23.9 Å². The first-order valence-corrected chi connectivity index (χ1v) is 12.6. The topological polar surface area (TPSA) is 90.2 Å². The van der Waals surface area contributed by atoms with Crippen molar-refractivity contribution in [1.29, 1.82) is 0 Å². The number of hydrogen-bond acceptors (Lipinski definition) is 7. The summed E-state index contributed by atoms with van der Waals surface area (Å²) in [6.45, 7) is 6.19. The predicted molar refractivity (Wildman–Crippen MR) is 126 cm³/mol. The van der Waals surface area contributed by atoms with Crippen LogP contribution in [0.3, 0.4) is 0 Å². The highest BCUT2D eigenvalue weighted by atomic mass is 32.2. The van der Waals surface area contributed by atoms with Crippen LogP contribution in [0.5, 0.6) is 5.75 Å². The van der Waals surface area contributed by atoms with Gasteiger partial charge in [0.2, 0.25) is 5.91 Å². The molecule has 8 nitrogen and oxygen atoms in total. The van der Waals surface area contributed by atoms with Crippen molar-refractivity contribution in [2.75, 3.05) is 38.3 Å². The fourth-order valence-corrected chi connectivity index (χ4v) is 5.23. The van der Waals surface area contributed by atoms with Gasteiger partial charge in [0.1, 0.15) is 12.3 Å². The van der Waals surface area contributed by atoms with E-state index in [1.165, 1.54) is 30.2 Å². The average Bonchev–Trinajstić information content (AvgIpc) is 3.10. The minimum absolute atomic E-state index is 0.0460. The molecule has 1 aliphatic rings. The van der Waals surface area contributed by atoms with Gasteiger partial charge in [0.15, 0.2) is 4.80 Å². The van der Waals surface area contributed by atoms with Gasteiger partial charge in [-0.2, -0.15) is 4.99 Å². The lowest BCUT2D eigenvalue weighted by molar-refractivity contribution is -0.141. The highest BCUT2D eigenvalue weighted by Crippen LogP contribution is 2.23. The van der Waals surface area contributed by atoms with Crippen molar-refractivity contribution in [3.63, 3.8) is 0 Å². The molecule has 1 aromatic carbocycles. The fraction of sp³-hybridized carbons (Fsp3) is 0.545. The quantitative estimate of drug-likeness (QED) is 0.541. The smallest absolute Gasteiger partial charge is 0.325 e. The van der Waals surface area contributed by atoms with Crippen molar-refractivity contribution in [2.24, 2.45) is 10.9 Å². The van der Waals surface area contributed by atoms with E-state index in [9.17, 15) is 14.4 Å². The van der Waals surface area contributed by atoms with Crippen molar-refractivity contribution in [3.05, 3.63) is 23.0 Å². The maximum absolute atomic E-state index is 12.5. The number of aromatic nitrogens is 1. The molecular weight excluding hydrogens is 450 g/mol. The van der Waals surface area contributed by atoms with Gasteiger partial charge in [0.05, 0.1) is 35.4 Å².